The summed E-state index contributed by atoms with van der Waals surface area (Å²) in [5.74, 6) is 0.600. The second kappa shape index (κ2) is 9.73. The molecule has 4 aromatic rings. The van der Waals surface area contributed by atoms with E-state index in [9.17, 15) is 0 Å². The van der Waals surface area contributed by atoms with Crippen molar-refractivity contribution in [2.45, 2.75) is 18.6 Å². The Morgan fingerprint density at radius 1 is 1.15 bits per heavy atom. The number of ether oxygens (including phenoxy) is 1. The third-order valence-corrected chi connectivity index (χ3v) is 5.89. The predicted octanol–water partition coefficient (Wildman–Crippen LogP) is 3.50. The molecule has 0 saturated heterocycles. The molecule has 0 unspecified atom stereocenters. The van der Waals surface area contributed by atoms with Crippen LogP contribution in [0.15, 0.2) is 73.3 Å². The second-order valence-corrected chi connectivity index (χ2v) is 8.27. The Morgan fingerprint density at radius 2 is 2.03 bits per heavy atom. The quantitative estimate of drug-likeness (QED) is 0.444. The molecular weight excluding hydrogens is 426 g/mol. The average molecular weight is 452 g/mol. The molecule has 3 aromatic heterocycles. The molecule has 1 aliphatic rings. The van der Waals surface area contributed by atoms with Crippen LogP contribution in [0.1, 0.15) is 22.9 Å². The SMILES string of the molecule is Cn1cc(-c2cnc3c(c2)NC[C@@H]([C@H](NCCc2ccc(C#N)nc2)c2ccccc2)O3)cn1. The van der Waals surface area contributed by atoms with Crippen LogP contribution in [0.2, 0.25) is 0 Å². The summed E-state index contributed by atoms with van der Waals surface area (Å²) in [6.45, 7) is 1.39. The number of hydrogen-bond donors (Lipinski definition) is 2. The van der Waals surface area contributed by atoms with E-state index in [0.717, 1.165) is 40.9 Å². The topological polar surface area (TPSA) is 101 Å². The highest BCUT2D eigenvalue weighted by molar-refractivity contribution is 5.69. The first-order chi connectivity index (χ1) is 16.7. The highest BCUT2D eigenvalue weighted by Crippen LogP contribution is 2.34. The van der Waals surface area contributed by atoms with Crippen molar-refractivity contribution in [2.75, 3.05) is 18.4 Å². The van der Waals surface area contributed by atoms with Crippen LogP contribution in [0.3, 0.4) is 0 Å². The van der Waals surface area contributed by atoms with E-state index in [0.29, 0.717) is 18.1 Å². The van der Waals surface area contributed by atoms with Gasteiger partial charge in [0.05, 0.1) is 24.5 Å². The molecule has 34 heavy (non-hydrogen) atoms. The number of nitrogens with zero attached hydrogens (tertiary/aromatic N) is 5. The first-order valence-electron chi connectivity index (χ1n) is 11.2. The van der Waals surface area contributed by atoms with Crippen LogP contribution < -0.4 is 15.4 Å². The molecule has 4 heterocycles. The minimum Gasteiger partial charge on any atom is -0.469 e. The lowest BCUT2D eigenvalue weighted by Gasteiger charge is -2.33. The number of rotatable bonds is 7. The van der Waals surface area contributed by atoms with Gasteiger partial charge in [0, 0.05) is 36.8 Å². The van der Waals surface area contributed by atoms with E-state index in [4.69, 9.17) is 10.00 Å². The van der Waals surface area contributed by atoms with Crippen molar-refractivity contribution in [3.05, 3.63) is 90.1 Å². The van der Waals surface area contributed by atoms with Gasteiger partial charge in [-0.05, 0) is 36.2 Å². The van der Waals surface area contributed by atoms with Gasteiger partial charge in [-0.25, -0.2) is 9.97 Å². The van der Waals surface area contributed by atoms with Crippen LogP contribution in [0.4, 0.5) is 5.69 Å². The maximum atomic E-state index is 8.94. The molecule has 0 fully saturated rings. The number of hydrogen-bond acceptors (Lipinski definition) is 7. The maximum absolute atomic E-state index is 8.94. The van der Waals surface area contributed by atoms with E-state index in [-0.39, 0.29) is 12.1 Å². The third-order valence-electron chi connectivity index (χ3n) is 5.89. The molecule has 8 nitrogen and oxygen atoms in total. The first-order valence-corrected chi connectivity index (χ1v) is 11.2. The van der Waals surface area contributed by atoms with E-state index in [1.165, 1.54) is 0 Å². The summed E-state index contributed by atoms with van der Waals surface area (Å²) < 4.78 is 8.15. The van der Waals surface area contributed by atoms with Crippen molar-refractivity contribution in [1.29, 1.82) is 5.26 Å². The minimum absolute atomic E-state index is 0.0204. The van der Waals surface area contributed by atoms with E-state index in [1.54, 1.807) is 16.9 Å². The molecule has 2 atom stereocenters. The third kappa shape index (κ3) is 4.75. The number of anilines is 1. The van der Waals surface area contributed by atoms with Gasteiger partial charge in [-0.15, -0.1) is 0 Å². The Balaban J connectivity index is 1.30. The summed E-state index contributed by atoms with van der Waals surface area (Å²) in [5, 5.41) is 20.3. The largest absolute Gasteiger partial charge is 0.469 e. The fraction of sp³-hybridized carbons (Fsp3) is 0.231. The number of aryl methyl sites for hydroxylation is 1. The molecule has 0 radical (unpaired) electrons. The van der Waals surface area contributed by atoms with Gasteiger partial charge in [-0.2, -0.15) is 10.4 Å². The minimum atomic E-state index is -0.134. The van der Waals surface area contributed by atoms with Crippen LogP contribution in [0.5, 0.6) is 5.88 Å². The van der Waals surface area contributed by atoms with Gasteiger partial charge in [0.25, 0.3) is 0 Å². The highest BCUT2D eigenvalue weighted by Gasteiger charge is 2.29. The number of fused-ring (bicyclic) bond motifs is 1. The van der Waals surface area contributed by atoms with E-state index >= 15 is 0 Å². The Kier molecular flexibility index (Phi) is 6.19. The highest BCUT2D eigenvalue weighted by atomic mass is 16.5. The molecule has 1 aliphatic heterocycles. The molecule has 2 N–H and O–H groups in total. The normalized spacial score (nSPS) is 15.5. The first kappa shape index (κ1) is 21.6. The molecule has 0 bridgehead atoms. The van der Waals surface area contributed by atoms with Crippen LogP contribution in [0.25, 0.3) is 11.1 Å². The maximum Gasteiger partial charge on any atom is 0.237 e. The van der Waals surface area contributed by atoms with Gasteiger partial charge in [0.1, 0.15) is 17.9 Å². The number of nitriles is 1. The van der Waals surface area contributed by atoms with Crippen LogP contribution >= 0.6 is 0 Å². The van der Waals surface area contributed by atoms with Gasteiger partial charge >= 0.3 is 0 Å². The molecule has 0 aliphatic carbocycles. The molecule has 0 saturated carbocycles. The molecule has 5 rings (SSSR count). The Hall–Kier alpha value is -4.22. The fourth-order valence-electron chi connectivity index (χ4n) is 4.12. The lowest BCUT2D eigenvalue weighted by atomic mass is 9.99. The second-order valence-electron chi connectivity index (χ2n) is 8.27. The van der Waals surface area contributed by atoms with Gasteiger partial charge in [-0.1, -0.05) is 36.4 Å². The van der Waals surface area contributed by atoms with E-state index < -0.39 is 0 Å². The van der Waals surface area contributed by atoms with Crippen molar-refractivity contribution in [2.24, 2.45) is 7.05 Å². The van der Waals surface area contributed by atoms with Gasteiger partial charge in [0.15, 0.2) is 0 Å². The smallest absolute Gasteiger partial charge is 0.237 e. The standard InChI is InChI=1S/C26H25N7O/c1-33-17-21(15-32-33)20-11-23-26(31-14-20)34-24(16-30-23)25(19-5-3-2-4-6-19)28-10-9-18-7-8-22(12-27)29-13-18/h2-8,11,13-15,17,24-25,28,30H,9-10,16H2,1H3/t24-,25+/m0/s1. The molecule has 1 aromatic carbocycles. The zero-order valence-electron chi connectivity index (χ0n) is 18.8. The summed E-state index contributed by atoms with van der Waals surface area (Å²) in [7, 11) is 1.90. The summed E-state index contributed by atoms with van der Waals surface area (Å²) >= 11 is 0. The zero-order valence-corrected chi connectivity index (χ0v) is 18.8. The zero-order chi connectivity index (χ0) is 23.3. The number of nitrogens with one attached hydrogen (secondary N) is 2. The van der Waals surface area contributed by atoms with Gasteiger partial charge in [0.2, 0.25) is 5.88 Å². The molecule has 0 spiro atoms. The van der Waals surface area contributed by atoms with Crippen LogP contribution in [-0.2, 0) is 13.5 Å². The number of pyridine rings is 2. The predicted molar refractivity (Wildman–Crippen MR) is 129 cm³/mol. The lowest BCUT2D eigenvalue weighted by molar-refractivity contribution is 0.150. The van der Waals surface area contributed by atoms with Gasteiger partial charge < -0.3 is 15.4 Å². The Labute approximate surface area is 198 Å². The Bertz CT molecular complexity index is 1290. The lowest BCUT2D eigenvalue weighted by Crippen LogP contribution is -2.43. The average Bonchev–Trinajstić information content (AvgIpc) is 3.33. The van der Waals surface area contributed by atoms with Crippen molar-refractivity contribution in [3.63, 3.8) is 0 Å². The molecule has 8 heteroatoms. The number of benzene rings is 1. The fourth-order valence-corrected chi connectivity index (χ4v) is 4.12. The summed E-state index contributed by atoms with van der Waals surface area (Å²) in [6.07, 6.45) is 8.04. The van der Waals surface area contributed by atoms with Crippen molar-refractivity contribution < 1.29 is 4.74 Å². The molecule has 170 valence electrons. The molecule has 0 amide bonds. The van der Waals surface area contributed by atoms with Gasteiger partial charge in [-0.3, -0.25) is 4.68 Å². The Morgan fingerprint density at radius 3 is 2.76 bits per heavy atom. The van der Waals surface area contributed by atoms with E-state index in [1.807, 2.05) is 49.9 Å². The molecular formula is C26H25N7O. The van der Waals surface area contributed by atoms with Crippen LogP contribution in [-0.4, -0.2) is 38.9 Å². The van der Waals surface area contributed by atoms with E-state index in [2.05, 4.69) is 50.0 Å². The van der Waals surface area contributed by atoms with Crippen molar-refractivity contribution in [1.82, 2.24) is 25.1 Å². The summed E-state index contributed by atoms with van der Waals surface area (Å²) in [5.41, 5.74) is 5.56. The summed E-state index contributed by atoms with van der Waals surface area (Å²) in [4.78, 5) is 8.75. The van der Waals surface area contributed by atoms with Crippen molar-refractivity contribution >= 4 is 5.69 Å². The summed E-state index contributed by atoms with van der Waals surface area (Å²) in [6, 6.07) is 18.1. The van der Waals surface area contributed by atoms with Crippen LogP contribution in [0, 0.1) is 11.3 Å². The number of aromatic nitrogens is 4. The van der Waals surface area contributed by atoms with Crippen molar-refractivity contribution in [3.8, 4) is 23.1 Å². The monoisotopic (exact) mass is 451 g/mol.